The van der Waals surface area contributed by atoms with E-state index in [-0.39, 0.29) is 12.3 Å². The summed E-state index contributed by atoms with van der Waals surface area (Å²) in [7, 11) is 1.61. The molecule has 24 heavy (non-hydrogen) atoms. The number of anilines is 1. The molecule has 6 heteroatoms. The van der Waals surface area contributed by atoms with Gasteiger partial charge in [-0.2, -0.15) is 0 Å². The number of benzene rings is 2. The predicted molar refractivity (Wildman–Crippen MR) is 94.5 cm³/mol. The van der Waals surface area contributed by atoms with E-state index in [1.54, 1.807) is 7.11 Å². The van der Waals surface area contributed by atoms with Gasteiger partial charge in [-0.1, -0.05) is 53.8 Å². The number of carbonyl (C=O) groups is 1. The molecule has 0 bridgehead atoms. The Balaban J connectivity index is 1.58. The minimum absolute atomic E-state index is 0.120. The van der Waals surface area contributed by atoms with Gasteiger partial charge < -0.3 is 10.1 Å². The lowest BCUT2D eigenvalue weighted by Crippen LogP contribution is -2.14. The van der Waals surface area contributed by atoms with Crippen LogP contribution in [-0.4, -0.2) is 23.2 Å². The van der Waals surface area contributed by atoms with Crippen LogP contribution in [0.2, 0.25) is 0 Å². The molecule has 3 rings (SSSR count). The van der Waals surface area contributed by atoms with Gasteiger partial charge in [0.2, 0.25) is 11.0 Å². The molecule has 0 spiro atoms. The molecule has 0 aliphatic heterocycles. The van der Waals surface area contributed by atoms with Crippen LogP contribution < -0.4 is 10.1 Å². The Bertz CT molecular complexity index is 818. The maximum atomic E-state index is 12.1. The molecule has 0 aliphatic carbocycles. The van der Waals surface area contributed by atoms with Crippen molar-refractivity contribution in [3.05, 3.63) is 70.7 Å². The lowest BCUT2D eigenvalue weighted by atomic mass is 10.1. The summed E-state index contributed by atoms with van der Waals surface area (Å²) in [6.07, 6.45) is 0.981. The highest BCUT2D eigenvalue weighted by molar-refractivity contribution is 7.15. The first kappa shape index (κ1) is 16.1. The Labute approximate surface area is 144 Å². The van der Waals surface area contributed by atoms with Crippen LogP contribution in [0.15, 0.2) is 54.6 Å². The molecule has 0 atom stereocenters. The van der Waals surface area contributed by atoms with Gasteiger partial charge in [-0.3, -0.25) is 4.79 Å². The number of hydrogen-bond acceptors (Lipinski definition) is 5. The second-order valence-corrected chi connectivity index (χ2v) is 6.30. The highest BCUT2D eigenvalue weighted by atomic mass is 32.1. The zero-order valence-corrected chi connectivity index (χ0v) is 14.0. The monoisotopic (exact) mass is 339 g/mol. The van der Waals surface area contributed by atoms with E-state index in [0.717, 1.165) is 16.3 Å². The van der Waals surface area contributed by atoms with Crippen molar-refractivity contribution in [2.45, 2.75) is 12.8 Å². The van der Waals surface area contributed by atoms with Crippen molar-refractivity contribution in [2.75, 3.05) is 12.4 Å². The number of methoxy groups -OCH3 is 1. The number of nitrogens with zero attached hydrogens (tertiary/aromatic N) is 2. The Kier molecular flexibility index (Phi) is 5.18. The summed E-state index contributed by atoms with van der Waals surface area (Å²) in [5.74, 6) is 0.618. The van der Waals surface area contributed by atoms with Crippen LogP contribution in [0, 0.1) is 0 Å². The summed E-state index contributed by atoms with van der Waals surface area (Å²) < 4.78 is 5.16. The highest BCUT2D eigenvalue weighted by Gasteiger charge is 2.10. The number of nitrogens with one attached hydrogen (secondary N) is 1. The highest BCUT2D eigenvalue weighted by Crippen LogP contribution is 2.19. The summed E-state index contributed by atoms with van der Waals surface area (Å²) in [4.78, 5) is 12.1. The van der Waals surface area contributed by atoms with Crippen molar-refractivity contribution in [3.8, 4) is 5.75 Å². The van der Waals surface area contributed by atoms with Crippen molar-refractivity contribution in [1.29, 1.82) is 0 Å². The number of ether oxygens (including phenoxy) is 1. The average molecular weight is 339 g/mol. The standard InChI is InChI=1S/C18H17N3O2S/c1-23-15-9-5-8-14(10-15)11-16(22)19-18-21-20-17(24-18)12-13-6-3-2-4-7-13/h2-10H,11-12H2,1H3,(H,19,21,22). The van der Waals surface area contributed by atoms with Gasteiger partial charge in [0.25, 0.3) is 0 Å². The zero-order chi connectivity index (χ0) is 16.8. The number of hydrogen-bond donors (Lipinski definition) is 1. The molecule has 0 saturated heterocycles. The minimum Gasteiger partial charge on any atom is -0.497 e. The second-order valence-electron chi connectivity index (χ2n) is 5.24. The molecule has 1 amide bonds. The third-order valence-electron chi connectivity index (χ3n) is 3.41. The van der Waals surface area contributed by atoms with E-state index in [1.807, 2.05) is 54.6 Å². The van der Waals surface area contributed by atoms with E-state index < -0.39 is 0 Å². The van der Waals surface area contributed by atoms with Gasteiger partial charge in [0, 0.05) is 6.42 Å². The lowest BCUT2D eigenvalue weighted by molar-refractivity contribution is -0.115. The molecular formula is C18H17N3O2S. The van der Waals surface area contributed by atoms with Crippen molar-refractivity contribution in [2.24, 2.45) is 0 Å². The van der Waals surface area contributed by atoms with Crippen LogP contribution >= 0.6 is 11.3 Å². The molecule has 0 aliphatic rings. The first-order chi connectivity index (χ1) is 11.7. The minimum atomic E-state index is -0.120. The van der Waals surface area contributed by atoms with Crippen LogP contribution in [0.3, 0.4) is 0 Å². The molecule has 122 valence electrons. The van der Waals surface area contributed by atoms with Crippen LogP contribution in [0.1, 0.15) is 16.1 Å². The molecule has 0 radical (unpaired) electrons. The normalized spacial score (nSPS) is 10.4. The molecule has 2 aromatic carbocycles. The number of aromatic nitrogens is 2. The molecule has 3 aromatic rings. The third kappa shape index (κ3) is 4.39. The summed E-state index contributed by atoms with van der Waals surface area (Å²) in [6.45, 7) is 0. The summed E-state index contributed by atoms with van der Waals surface area (Å²) in [6, 6.07) is 17.5. The van der Waals surface area contributed by atoms with E-state index >= 15 is 0 Å². The van der Waals surface area contributed by atoms with Gasteiger partial charge in [-0.15, -0.1) is 10.2 Å². The van der Waals surface area contributed by atoms with Crippen molar-refractivity contribution in [1.82, 2.24) is 10.2 Å². The number of rotatable bonds is 6. The van der Waals surface area contributed by atoms with Gasteiger partial charge in [-0.05, 0) is 23.3 Å². The zero-order valence-electron chi connectivity index (χ0n) is 13.2. The van der Waals surface area contributed by atoms with E-state index in [1.165, 1.54) is 16.9 Å². The molecule has 1 heterocycles. The van der Waals surface area contributed by atoms with Crippen molar-refractivity contribution in [3.63, 3.8) is 0 Å². The van der Waals surface area contributed by atoms with E-state index in [0.29, 0.717) is 11.6 Å². The average Bonchev–Trinajstić information content (AvgIpc) is 3.02. The number of amides is 1. The van der Waals surface area contributed by atoms with Gasteiger partial charge in [0.15, 0.2) is 0 Å². The topological polar surface area (TPSA) is 64.1 Å². The van der Waals surface area contributed by atoms with Gasteiger partial charge in [-0.25, -0.2) is 0 Å². The number of carbonyl (C=O) groups excluding carboxylic acids is 1. The maximum absolute atomic E-state index is 12.1. The fraction of sp³-hybridized carbons (Fsp3) is 0.167. The summed E-state index contributed by atoms with van der Waals surface area (Å²) in [5, 5.41) is 12.4. The van der Waals surface area contributed by atoms with E-state index in [9.17, 15) is 4.79 Å². The molecule has 0 unspecified atom stereocenters. The van der Waals surface area contributed by atoms with Crippen LogP contribution in [0.4, 0.5) is 5.13 Å². The fourth-order valence-electron chi connectivity index (χ4n) is 2.28. The smallest absolute Gasteiger partial charge is 0.230 e. The Hall–Kier alpha value is -2.73. The van der Waals surface area contributed by atoms with Crippen LogP contribution in [-0.2, 0) is 17.6 Å². The quantitative estimate of drug-likeness (QED) is 0.748. The molecular weight excluding hydrogens is 322 g/mol. The first-order valence-electron chi connectivity index (χ1n) is 7.52. The van der Waals surface area contributed by atoms with Gasteiger partial charge in [0.05, 0.1) is 13.5 Å². The maximum Gasteiger partial charge on any atom is 0.230 e. The van der Waals surface area contributed by atoms with Gasteiger partial charge >= 0.3 is 0 Å². The summed E-state index contributed by atoms with van der Waals surface area (Å²) >= 11 is 1.40. The fourth-order valence-corrected chi connectivity index (χ4v) is 3.07. The predicted octanol–water partition coefficient (Wildman–Crippen LogP) is 3.32. The molecule has 1 aromatic heterocycles. The lowest BCUT2D eigenvalue weighted by Gasteiger charge is -2.04. The van der Waals surface area contributed by atoms with E-state index in [2.05, 4.69) is 15.5 Å². The van der Waals surface area contributed by atoms with E-state index in [4.69, 9.17) is 4.74 Å². The van der Waals surface area contributed by atoms with Crippen LogP contribution in [0.5, 0.6) is 5.75 Å². The molecule has 0 fully saturated rings. The van der Waals surface area contributed by atoms with Crippen LogP contribution in [0.25, 0.3) is 0 Å². The third-order valence-corrected chi connectivity index (χ3v) is 4.25. The van der Waals surface area contributed by atoms with Gasteiger partial charge in [0.1, 0.15) is 10.8 Å². The van der Waals surface area contributed by atoms with Crippen molar-refractivity contribution >= 4 is 22.4 Å². The largest absolute Gasteiger partial charge is 0.497 e. The molecule has 5 nitrogen and oxygen atoms in total. The second kappa shape index (κ2) is 7.70. The first-order valence-corrected chi connectivity index (χ1v) is 8.33. The SMILES string of the molecule is COc1cccc(CC(=O)Nc2nnc(Cc3ccccc3)s2)c1. The Morgan fingerprint density at radius 3 is 2.67 bits per heavy atom. The van der Waals surface area contributed by atoms with Crippen molar-refractivity contribution < 1.29 is 9.53 Å². The molecule has 0 saturated carbocycles. The molecule has 1 N–H and O–H groups in total. The Morgan fingerprint density at radius 2 is 1.88 bits per heavy atom. The summed E-state index contributed by atoms with van der Waals surface area (Å²) in [5.41, 5.74) is 2.06. The Morgan fingerprint density at radius 1 is 1.08 bits per heavy atom.